The minimum absolute atomic E-state index is 0.168. The molecule has 0 bridgehead atoms. The van der Waals surface area contributed by atoms with Crippen molar-refractivity contribution in [1.29, 1.82) is 0 Å². The lowest BCUT2D eigenvalue weighted by Gasteiger charge is -2.12. The Morgan fingerprint density at radius 3 is 2.78 bits per heavy atom. The highest BCUT2D eigenvalue weighted by atomic mass is 35.5. The van der Waals surface area contributed by atoms with Gasteiger partial charge < -0.3 is 0 Å². The number of pyridine rings is 1. The van der Waals surface area contributed by atoms with Gasteiger partial charge in [-0.1, -0.05) is 6.07 Å². The molecule has 0 aliphatic carbocycles. The zero-order valence-corrected chi connectivity index (χ0v) is 10.6. The Kier molecular flexibility index (Phi) is 3.92. The molecule has 1 aromatic heterocycles. The second kappa shape index (κ2) is 5.44. The Morgan fingerprint density at radius 1 is 1.28 bits per heavy atom. The lowest BCUT2D eigenvalue weighted by molar-refractivity contribution is 0.581. The van der Waals surface area contributed by atoms with E-state index in [1.165, 1.54) is 0 Å². The fourth-order valence-electron chi connectivity index (χ4n) is 1.77. The van der Waals surface area contributed by atoms with E-state index in [-0.39, 0.29) is 5.56 Å². The standard InChI is InChI=1S/C14H12ClF2N/c1-9-3-2-6-18-14(9)8-12(15)11-7-10(16)4-5-13(11)17/h2-7,12H,8H2,1H3. The lowest BCUT2D eigenvalue weighted by Crippen LogP contribution is -2.03. The molecule has 0 fully saturated rings. The van der Waals surface area contributed by atoms with Gasteiger partial charge in [-0.15, -0.1) is 11.6 Å². The summed E-state index contributed by atoms with van der Waals surface area (Å²) in [5.41, 5.74) is 1.95. The van der Waals surface area contributed by atoms with E-state index >= 15 is 0 Å². The van der Waals surface area contributed by atoms with Crippen LogP contribution in [0.5, 0.6) is 0 Å². The van der Waals surface area contributed by atoms with Crippen LogP contribution in [0.25, 0.3) is 0 Å². The van der Waals surface area contributed by atoms with Crippen molar-refractivity contribution in [1.82, 2.24) is 4.98 Å². The summed E-state index contributed by atoms with van der Waals surface area (Å²) < 4.78 is 26.6. The SMILES string of the molecule is Cc1cccnc1CC(Cl)c1cc(F)ccc1F. The molecule has 0 saturated heterocycles. The molecular weight excluding hydrogens is 256 g/mol. The van der Waals surface area contributed by atoms with Crippen molar-refractivity contribution in [2.75, 3.05) is 0 Å². The molecule has 0 aliphatic heterocycles. The van der Waals surface area contributed by atoms with E-state index in [0.717, 1.165) is 29.5 Å². The molecular formula is C14H12ClF2N. The van der Waals surface area contributed by atoms with Crippen molar-refractivity contribution in [3.05, 3.63) is 65.0 Å². The topological polar surface area (TPSA) is 12.9 Å². The molecule has 0 radical (unpaired) electrons. The van der Waals surface area contributed by atoms with E-state index in [1.807, 2.05) is 19.1 Å². The number of halogens is 3. The molecule has 2 aromatic rings. The van der Waals surface area contributed by atoms with Crippen LogP contribution in [0.2, 0.25) is 0 Å². The number of aromatic nitrogens is 1. The summed E-state index contributed by atoms with van der Waals surface area (Å²) in [6.45, 7) is 1.91. The van der Waals surface area contributed by atoms with Crippen LogP contribution in [0.3, 0.4) is 0 Å². The van der Waals surface area contributed by atoms with Crippen LogP contribution in [0.1, 0.15) is 22.2 Å². The number of hydrogen-bond acceptors (Lipinski definition) is 1. The quantitative estimate of drug-likeness (QED) is 0.760. The summed E-state index contributed by atoms with van der Waals surface area (Å²) >= 11 is 6.14. The summed E-state index contributed by atoms with van der Waals surface area (Å²) in [6.07, 6.45) is 2.03. The number of alkyl halides is 1. The second-order valence-electron chi connectivity index (χ2n) is 4.10. The summed E-state index contributed by atoms with van der Waals surface area (Å²) in [7, 11) is 0. The molecule has 1 heterocycles. The first kappa shape index (κ1) is 13.0. The van der Waals surface area contributed by atoms with Crippen LogP contribution in [0.4, 0.5) is 8.78 Å². The van der Waals surface area contributed by atoms with Gasteiger partial charge in [-0.3, -0.25) is 4.98 Å². The Labute approximate surface area is 109 Å². The normalized spacial score (nSPS) is 12.4. The maximum Gasteiger partial charge on any atom is 0.128 e. The van der Waals surface area contributed by atoms with E-state index in [2.05, 4.69) is 4.98 Å². The Morgan fingerprint density at radius 2 is 2.06 bits per heavy atom. The largest absolute Gasteiger partial charge is 0.261 e. The van der Waals surface area contributed by atoms with Crippen LogP contribution in [0.15, 0.2) is 36.5 Å². The van der Waals surface area contributed by atoms with E-state index < -0.39 is 17.0 Å². The number of hydrogen-bond donors (Lipinski definition) is 0. The third-order valence-electron chi connectivity index (χ3n) is 2.79. The molecule has 1 aromatic carbocycles. The third-order valence-corrected chi connectivity index (χ3v) is 3.18. The van der Waals surface area contributed by atoms with E-state index in [0.29, 0.717) is 6.42 Å². The monoisotopic (exact) mass is 267 g/mol. The van der Waals surface area contributed by atoms with E-state index in [4.69, 9.17) is 11.6 Å². The Bertz CT molecular complexity index is 557. The maximum atomic E-state index is 13.6. The predicted octanol–water partition coefficient (Wildman–Crippen LogP) is 4.19. The highest BCUT2D eigenvalue weighted by Crippen LogP contribution is 2.28. The third kappa shape index (κ3) is 2.85. The van der Waals surface area contributed by atoms with Crippen LogP contribution in [-0.4, -0.2) is 4.98 Å². The number of benzene rings is 1. The highest BCUT2D eigenvalue weighted by molar-refractivity contribution is 6.20. The summed E-state index contributed by atoms with van der Waals surface area (Å²) in [6, 6.07) is 7.03. The molecule has 0 spiro atoms. The van der Waals surface area contributed by atoms with Gasteiger partial charge in [0.1, 0.15) is 11.6 Å². The molecule has 1 atom stereocenters. The zero-order valence-electron chi connectivity index (χ0n) is 9.83. The van der Waals surface area contributed by atoms with Crippen molar-refractivity contribution in [3.63, 3.8) is 0 Å². The van der Waals surface area contributed by atoms with Gasteiger partial charge in [-0.2, -0.15) is 0 Å². The average molecular weight is 268 g/mol. The Balaban J connectivity index is 2.25. The minimum Gasteiger partial charge on any atom is -0.261 e. The van der Waals surface area contributed by atoms with Gasteiger partial charge in [-0.25, -0.2) is 8.78 Å². The molecule has 0 saturated carbocycles. The smallest absolute Gasteiger partial charge is 0.128 e. The van der Waals surface area contributed by atoms with Crippen molar-refractivity contribution >= 4 is 11.6 Å². The average Bonchev–Trinajstić information content (AvgIpc) is 2.35. The van der Waals surface area contributed by atoms with Gasteiger partial charge in [0.05, 0.1) is 5.38 Å². The number of aryl methyl sites for hydroxylation is 1. The summed E-state index contributed by atoms with van der Waals surface area (Å²) in [5, 5.41) is -0.630. The molecule has 2 rings (SSSR count). The van der Waals surface area contributed by atoms with Crippen molar-refractivity contribution in [2.45, 2.75) is 18.7 Å². The highest BCUT2D eigenvalue weighted by Gasteiger charge is 2.16. The van der Waals surface area contributed by atoms with Gasteiger partial charge in [-0.05, 0) is 36.8 Å². The van der Waals surface area contributed by atoms with Crippen molar-refractivity contribution < 1.29 is 8.78 Å². The van der Waals surface area contributed by atoms with E-state index in [1.54, 1.807) is 6.20 Å². The molecule has 1 nitrogen and oxygen atoms in total. The Hall–Kier alpha value is -1.48. The first-order valence-electron chi connectivity index (χ1n) is 5.57. The first-order chi connectivity index (χ1) is 8.58. The second-order valence-corrected chi connectivity index (χ2v) is 4.63. The molecule has 0 aliphatic rings. The molecule has 0 amide bonds. The number of nitrogens with zero attached hydrogens (tertiary/aromatic N) is 1. The molecule has 0 N–H and O–H groups in total. The molecule has 1 unspecified atom stereocenters. The van der Waals surface area contributed by atoms with Gasteiger partial charge >= 0.3 is 0 Å². The van der Waals surface area contributed by atoms with Crippen LogP contribution in [-0.2, 0) is 6.42 Å². The molecule has 94 valence electrons. The fourth-order valence-corrected chi connectivity index (χ4v) is 2.08. The van der Waals surface area contributed by atoms with Gasteiger partial charge in [0, 0.05) is 23.9 Å². The molecule has 4 heteroatoms. The van der Waals surface area contributed by atoms with Crippen LogP contribution in [0, 0.1) is 18.6 Å². The van der Waals surface area contributed by atoms with E-state index in [9.17, 15) is 8.78 Å². The maximum absolute atomic E-state index is 13.6. The van der Waals surface area contributed by atoms with Gasteiger partial charge in [0.2, 0.25) is 0 Å². The van der Waals surface area contributed by atoms with Gasteiger partial charge in [0.15, 0.2) is 0 Å². The lowest BCUT2D eigenvalue weighted by atomic mass is 10.0. The summed E-state index contributed by atoms with van der Waals surface area (Å²) in [5.74, 6) is -0.986. The first-order valence-corrected chi connectivity index (χ1v) is 6.01. The minimum atomic E-state index is -0.630. The molecule has 18 heavy (non-hydrogen) atoms. The zero-order chi connectivity index (χ0) is 13.1. The van der Waals surface area contributed by atoms with Crippen molar-refractivity contribution in [2.24, 2.45) is 0 Å². The summed E-state index contributed by atoms with van der Waals surface area (Å²) in [4.78, 5) is 4.20. The fraction of sp³-hybridized carbons (Fsp3) is 0.214. The van der Waals surface area contributed by atoms with Gasteiger partial charge in [0.25, 0.3) is 0 Å². The van der Waals surface area contributed by atoms with Crippen LogP contribution >= 0.6 is 11.6 Å². The predicted molar refractivity (Wildman–Crippen MR) is 67.6 cm³/mol. The van der Waals surface area contributed by atoms with Crippen molar-refractivity contribution in [3.8, 4) is 0 Å². The van der Waals surface area contributed by atoms with Crippen LogP contribution < -0.4 is 0 Å². The number of rotatable bonds is 3.